The second-order valence-corrected chi connectivity index (χ2v) is 4.58. The number of hydrogen-bond acceptors (Lipinski definition) is 3. The molecule has 0 saturated carbocycles. The van der Waals surface area contributed by atoms with Gasteiger partial charge >= 0.3 is 0 Å². The topological polar surface area (TPSA) is 40.6 Å². The van der Waals surface area contributed by atoms with Gasteiger partial charge in [0.15, 0.2) is 0 Å². The van der Waals surface area contributed by atoms with E-state index in [1.165, 1.54) is 4.90 Å². The van der Waals surface area contributed by atoms with Crippen molar-refractivity contribution in [2.75, 3.05) is 20.6 Å². The molecule has 0 aromatic heterocycles. The Labute approximate surface area is 101 Å². The van der Waals surface area contributed by atoms with E-state index in [0.29, 0.717) is 17.7 Å². The van der Waals surface area contributed by atoms with Crippen LogP contribution < -0.4 is 0 Å². The molecular formula is C13H16N2O2. The summed E-state index contributed by atoms with van der Waals surface area (Å²) in [6.45, 7) is 2.42. The number of fused-ring (bicyclic) bond motifs is 1. The van der Waals surface area contributed by atoms with Crippen LogP contribution in [0.15, 0.2) is 24.3 Å². The van der Waals surface area contributed by atoms with Gasteiger partial charge in [0.2, 0.25) is 0 Å². The summed E-state index contributed by atoms with van der Waals surface area (Å²) in [6, 6.07) is 7.12. The first-order chi connectivity index (χ1) is 8.02. The largest absolute Gasteiger partial charge is 0.305 e. The molecule has 0 bridgehead atoms. The Morgan fingerprint density at radius 1 is 1.12 bits per heavy atom. The van der Waals surface area contributed by atoms with E-state index in [1.807, 2.05) is 25.9 Å². The van der Waals surface area contributed by atoms with E-state index >= 15 is 0 Å². The molecule has 1 unspecified atom stereocenters. The van der Waals surface area contributed by atoms with Crippen molar-refractivity contribution in [1.82, 2.24) is 9.80 Å². The highest BCUT2D eigenvalue weighted by atomic mass is 16.2. The Morgan fingerprint density at radius 3 is 2.00 bits per heavy atom. The van der Waals surface area contributed by atoms with Crippen LogP contribution in [0.4, 0.5) is 0 Å². The molecule has 0 fully saturated rings. The van der Waals surface area contributed by atoms with E-state index in [2.05, 4.69) is 0 Å². The number of benzene rings is 1. The number of rotatable bonds is 3. The van der Waals surface area contributed by atoms with Crippen LogP contribution in [0.25, 0.3) is 0 Å². The summed E-state index contributed by atoms with van der Waals surface area (Å²) < 4.78 is 0. The maximum atomic E-state index is 12.1. The van der Waals surface area contributed by atoms with Crippen LogP contribution in [0.3, 0.4) is 0 Å². The van der Waals surface area contributed by atoms with Crippen LogP contribution in [-0.2, 0) is 0 Å². The molecule has 90 valence electrons. The summed E-state index contributed by atoms with van der Waals surface area (Å²) in [4.78, 5) is 27.4. The van der Waals surface area contributed by atoms with E-state index in [4.69, 9.17) is 0 Å². The fraction of sp³-hybridized carbons (Fsp3) is 0.385. The molecule has 0 radical (unpaired) electrons. The van der Waals surface area contributed by atoms with Crippen LogP contribution in [-0.4, -0.2) is 48.3 Å². The lowest BCUT2D eigenvalue weighted by Crippen LogP contribution is -2.41. The molecule has 1 aliphatic heterocycles. The molecule has 1 heterocycles. The second kappa shape index (κ2) is 4.30. The van der Waals surface area contributed by atoms with Gasteiger partial charge in [-0.15, -0.1) is 0 Å². The standard InChI is InChI=1S/C13H16N2O2/c1-9(14(2)3)8-15-12(16)10-6-4-5-7-11(10)13(15)17/h4-7,9H,8H2,1-3H3. The molecule has 2 rings (SSSR count). The van der Waals surface area contributed by atoms with Crippen molar-refractivity contribution in [3.8, 4) is 0 Å². The normalized spacial score (nSPS) is 16.6. The lowest BCUT2D eigenvalue weighted by molar-refractivity contribution is 0.0618. The highest BCUT2D eigenvalue weighted by Crippen LogP contribution is 2.22. The van der Waals surface area contributed by atoms with E-state index in [0.717, 1.165) is 0 Å². The number of carbonyl (C=O) groups is 2. The lowest BCUT2D eigenvalue weighted by atomic mass is 10.1. The molecule has 1 aromatic carbocycles. The smallest absolute Gasteiger partial charge is 0.261 e. The number of carbonyl (C=O) groups excluding carboxylic acids is 2. The Morgan fingerprint density at radius 2 is 1.59 bits per heavy atom. The molecule has 1 aliphatic rings. The first kappa shape index (κ1) is 11.8. The maximum Gasteiger partial charge on any atom is 0.261 e. The third-order valence-electron chi connectivity index (χ3n) is 3.21. The first-order valence-electron chi connectivity index (χ1n) is 5.64. The molecule has 17 heavy (non-hydrogen) atoms. The Kier molecular flexibility index (Phi) is 2.98. The number of amides is 2. The summed E-state index contributed by atoms with van der Waals surface area (Å²) in [5.41, 5.74) is 1.03. The van der Waals surface area contributed by atoms with Crippen molar-refractivity contribution in [2.45, 2.75) is 13.0 Å². The average Bonchev–Trinajstić information content (AvgIpc) is 2.55. The SMILES string of the molecule is CC(CN1C(=O)c2ccccc2C1=O)N(C)C. The Hall–Kier alpha value is -1.68. The molecule has 1 atom stereocenters. The van der Waals surface area contributed by atoms with E-state index in [9.17, 15) is 9.59 Å². The van der Waals surface area contributed by atoms with Crippen LogP contribution in [0.1, 0.15) is 27.6 Å². The van der Waals surface area contributed by atoms with Crippen molar-refractivity contribution in [3.63, 3.8) is 0 Å². The van der Waals surface area contributed by atoms with Gasteiger partial charge in [-0.3, -0.25) is 14.5 Å². The fourth-order valence-electron chi connectivity index (χ4n) is 1.83. The van der Waals surface area contributed by atoms with Crippen molar-refractivity contribution in [2.24, 2.45) is 0 Å². The van der Waals surface area contributed by atoms with Gasteiger partial charge in [0, 0.05) is 12.6 Å². The summed E-state index contributed by atoms with van der Waals surface area (Å²) >= 11 is 0. The molecule has 4 heteroatoms. The van der Waals surface area contributed by atoms with Gasteiger partial charge in [-0.25, -0.2) is 0 Å². The maximum absolute atomic E-state index is 12.1. The van der Waals surface area contributed by atoms with Crippen molar-refractivity contribution < 1.29 is 9.59 Å². The predicted molar refractivity (Wildman–Crippen MR) is 65.0 cm³/mol. The molecule has 0 spiro atoms. The Bertz CT molecular complexity index is 433. The average molecular weight is 232 g/mol. The number of nitrogens with zero attached hydrogens (tertiary/aromatic N) is 2. The second-order valence-electron chi connectivity index (χ2n) is 4.58. The lowest BCUT2D eigenvalue weighted by Gasteiger charge is -2.24. The van der Waals surface area contributed by atoms with Crippen molar-refractivity contribution in [3.05, 3.63) is 35.4 Å². The highest BCUT2D eigenvalue weighted by molar-refractivity contribution is 6.21. The quantitative estimate of drug-likeness (QED) is 0.736. The minimum Gasteiger partial charge on any atom is -0.305 e. The van der Waals surface area contributed by atoms with Crippen molar-refractivity contribution >= 4 is 11.8 Å². The monoisotopic (exact) mass is 232 g/mol. The summed E-state index contributed by atoms with van der Waals surface area (Å²) in [5, 5.41) is 0. The molecule has 0 aliphatic carbocycles. The first-order valence-corrected chi connectivity index (χ1v) is 5.64. The fourth-order valence-corrected chi connectivity index (χ4v) is 1.83. The number of likely N-dealkylation sites (N-methyl/N-ethyl adjacent to an activating group) is 1. The van der Waals surface area contributed by atoms with Gasteiger partial charge in [-0.2, -0.15) is 0 Å². The third-order valence-corrected chi connectivity index (χ3v) is 3.21. The van der Waals surface area contributed by atoms with Gasteiger partial charge in [0.05, 0.1) is 11.1 Å². The highest BCUT2D eigenvalue weighted by Gasteiger charge is 2.35. The van der Waals surface area contributed by atoms with Crippen LogP contribution in [0, 0.1) is 0 Å². The van der Waals surface area contributed by atoms with E-state index in [1.54, 1.807) is 24.3 Å². The number of hydrogen-bond donors (Lipinski definition) is 0. The van der Waals surface area contributed by atoms with E-state index < -0.39 is 0 Å². The zero-order valence-corrected chi connectivity index (χ0v) is 10.3. The predicted octanol–water partition coefficient (Wildman–Crippen LogP) is 1.23. The Balaban J connectivity index is 2.25. The van der Waals surface area contributed by atoms with Gasteiger partial charge in [0.25, 0.3) is 11.8 Å². The van der Waals surface area contributed by atoms with Gasteiger partial charge in [-0.05, 0) is 33.2 Å². The summed E-state index contributed by atoms with van der Waals surface area (Å²) in [7, 11) is 3.87. The number of imide groups is 1. The third kappa shape index (κ3) is 1.96. The van der Waals surface area contributed by atoms with Crippen molar-refractivity contribution in [1.29, 1.82) is 0 Å². The summed E-state index contributed by atoms with van der Waals surface area (Å²) in [6.07, 6.45) is 0. The molecule has 0 saturated heterocycles. The van der Waals surface area contributed by atoms with Gasteiger partial charge in [-0.1, -0.05) is 12.1 Å². The van der Waals surface area contributed by atoms with Crippen LogP contribution >= 0.6 is 0 Å². The minimum atomic E-state index is -0.181. The molecular weight excluding hydrogens is 216 g/mol. The zero-order chi connectivity index (χ0) is 12.6. The minimum absolute atomic E-state index is 0.150. The molecule has 1 aromatic rings. The molecule has 4 nitrogen and oxygen atoms in total. The molecule has 0 N–H and O–H groups in total. The zero-order valence-electron chi connectivity index (χ0n) is 10.3. The van der Waals surface area contributed by atoms with Gasteiger partial charge < -0.3 is 4.90 Å². The van der Waals surface area contributed by atoms with E-state index in [-0.39, 0.29) is 17.9 Å². The summed E-state index contributed by atoms with van der Waals surface area (Å²) in [5.74, 6) is -0.362. The van der Waals surface area contributed by atoms with Crippen LogP contribution in [0.5, 0.6) is 0 Å². The molecule has 2 amide bonds. The van der Waals surface area contributed by atoms with Gasteiger partial charge in [0.1, 0.15) is 0 Å². The van der Waals surface area contributed by atoms with Crippen LogP contribution in [0.2, 0.25) is 0 Å².